The summed E-state index contributed by atoms with van der Waals surface area (Å²) in [6.45, 7) is 2.77. The maximum absolute atomic E-state index is 13.2. The lowest BCUT2D eigenvalue weighted by atomic mass is 9.95. The summed E-state index contributed by atoms with van der Waals surface area (Å²) in [6, 6.07) is 5.50. The molecule has 1 N–H and O–H groups in total. The zero-order valence-corrected chi connectivity index (χ0v) is 16.1. The number of anilines is 2. The third-order valence-electron chi connectivity index (χ3n) is 6.04. The molecule has 4 rings (SSSR count). The van der Waals surface area contributed by atoms with Gasteiger partial charge in [-0.1, -0.05) is 0 Å². The number of fused-ring (bicyclic) bond motifs is 3. The van der Waals surface area contributed by atoms with E-state index in [1.54, 1.807) is 4.90 Å². The summed E-state index contributed by atoms with van der Waals surface area (Å²) in [5, 5.41) is 8.97. The van der Waals surface area contributed by atoms with Crippen LogP contribution in [0.15, 0.2) is 18.2 Å². The molecule has 2 fully saturated rings. The van der Waals surface area contributed by atoms with Gasteiger partial charge in [-0.15, -0.1) is 0 Å². The lowest BCUT2D eigenvalue weighted by Crippen LogP contribution is -2.55. The van der Waals surface area contributed by atoms with Gasteiger partial charge in [-0.2, -0.15) is 0 Å². The fraction of sp³-hybridized carbons (Fsp3) is 0.571. The Morgan fingerprint density at radius 3 is 2.54 bits per heavy atom. The molecule has 7 nitrogen and oxygen atoms in total. The number of nitrogens with zero attached hydrogens (tertiary/aromatic N) is 3. The molecule has 0 radical (unpaired) electrons. The smallest absolute Gasteiger partial charge is 0.303 e. The van der Waals surface area contributed by atoms with Crippen LogP contribution in [0.1, 0.15) is 55.3 Å². The number of carboxylic acid groups (broad SMARTS) is 1. The number of hydrogen-bond acceptors (Lipinski definition) is 4. The van der Waals surface area contributed by atoms with Crippen molar-refractivity contribution in [1.82, 2.24) is 4.90 Å². The molecule has 28 heavy (non-hydrogen) atoms. The molecule has 150 valence electrons. The number of likely N-dealkylation sites (tertiary alicyclic amines) is 1. The molecule has 3 aliphatic heterocycles. The Hall–Kier alpha value is -2.57. The lowest BCUT2D eigenvalue weighted by molar-refractivity contribution is -0.137. The zero-order chi connectivity index (χ0) is 19.7. The summed E-state index contributed by atoms with van der Waals surface area (Å²) in [5.74, 6) is -0.815. The number of carboxylic acids is 1. The summed E-state index contributed by atoms with van der Waals surface area (Å²) in [5.41, 5.74) is 2.34. The van der Waals surface area contributed by atoms with Crippen LogP contribution in [0.4, 0.5) is 11.4 Å². The maximum Gasteiger partial charge on any atom is 0.303 e. The van der Waals surface area contributed by atoms with Crippen molar-refractivity contribution in [2.75, 3.05) is 36.0 Å². The van der Waals surface area contributed by atoms with E-state index in [1.165, 1.54) is 0 Å². The van der Waals surface area contributed by atoms with Gasteiger partial charge in [-0.25, -0.2) is 0 Å². The molecule has 0 saturated carbocycles. The fourth-order valence-electron chi connectivity index (χ4n) is 4.61. The highest BCUT2D eigenvalue weighted by Gasteiger charge is 2.39. The minimum atomic E-state index is -0.859. The number of carbonyl (C=O) groups is 3. The molecule has 1 atom stereocenters. The van der Waals surface area contributed by atoms with E-state index in [4.69, 9.17) is 5.11 Å². The first-order chi connectivity index (χ1) is 13.6. The Morgan fingerprint density at radius 1 is 1.04 bits per heavy atom. The molecule has 2 amide bonds. The standard InChI is InChI=1S/C21H27N3O4/c25-19(26)7-5-13-24-18-14-15(20(27)22-10-3-4-11-22)8-9-16(18)23-12-2-1-6-17(23)21(24)28/h8-9,14,17H,1-7,10-13H2,(H,25,26). The Kier molecular flexibility index (Phi) is 5.24. The average molecular weight is 385 g/mol. The molecule has 2 saturated heterocycles. The Morgan fingerprint density at radius 2 is 1.79 bits per heavy atom. The van der Waals surface area contributed by atoms with Crippen molar-refractivity contribution in [1.29, 1.82) is 0 Å². The highest BCUT2D eigenvalue weighted by molar-refractivity contribution is 6.07. The molecule has 1 aromatic carbocycles. The first-order valence-corrected chi connectivity index (χ1v) is 10.3. The predicted octanol–water partition coefficient (Wildman–Crippen LogP) is 2.49. The number of piperidine rings is 1. The summed E-state index contributed by atoms with van der Waals surface area (Å²) in [4.78, 5) is 42.7. The summed E-state index contributed by atoms with van der Waals surface area (Å²) in [7, 11) is 0. The molecular weight excluding hydrogens is 358 g/mol. The number of aliphatic carboxylic acids is 1. The fourth-order valence-corrected chi connectivity index (χ4v) is 4.61. The number of rotatable bonds is 5. The van der Waals surface area contributed by atoms with E-state index in [0.29, 0.717) is 18.5 Å². The molecule has 3 heterocycles. The highest BCUT2D eigenvalue weighted by atomic mass is 16.4. The minimum Gasteiger partial charge on any atom is -0.481 e. The normalized spacial score (nSPS) is 21.5. The molecule has 3 aliphatic rings. The quantitative estimate of drug-likeness (QED) is 0.842. The Labute approximate surface area is 164 Å². The van der Waals surface area contributed by atoms with Crippen molar-refractivity contribution in [3.05, 3.63) is 23.8 Å². The predicted molar refractivity (Wildman–Crippen MR) is 106 cm³/mol. The number of carbonyl (C=O) groups excluding carboxylic acids is 2. The van der Waals surface area contributed by atoms with Crippen LogP contribution in [0.25, 0.3) is 0 Å². The van der Waals surface area contributed by atoms with Gasteiger partial charge in [-0.05, 0) is 56.7 Å². The van der Waals surface area contributed by atoms with Gasteiger partial charge in [-0.3, -0.25) is 14.4 Å². The Bertz CT molecular complexity index is 788. The molecule has 1 aromatic rings. The summed E-state index contributed by atoms with van der Waals surface area (Å²) >= 11 is 0. The minimum absolute atomic E-state index is 0.0130. The van der Waals surface area contributed by atoms with Gasteiger partial charge in [0, 0.05) is 38.2 Å². The molecule has 0 bridgehead atoms. The lowest BCUT2D eigenvalue weighted by Gasteiger charge is -2.45. The third-order valence-corrected chi connectivity index (χ3v) is 6.04. The van der Waals surface area contributed by atoms with E-state index in [0.717, 1.165) is 63.1 Å². The van der Waals surface area contributed by atoms with Crippen molar-refractivity contribution in [2.45, 2.75) is 51.0 Å². The van der Waals surface area contributed by atoms with Crippen LogP contribution in [-0.4, -0.2) is 60.0 Å². The SMILES string of the molecule is O=C(O)CCCN1C(=O)C2CCCCN2c2ccc(C(=O)N3CCCC3)cc21. The van der Waals surface area contributed by atoms with E-state index in [-0.39, 0.29) is 24.3 Å². The van der Waals surface area contributed by atoms with E-state index in [1.807, 2.05) is 23.1 Å². The van der Waals surface area contributed by atoms with Crippen molar-refractivity contribution in [3.8, 4) is 0 Å². The third kappa shape index (κ3) is 3.45. The van der Waals surface area contributed by atoms with Crippen molar-refractivity contribution in [3.63, 3.8) is 0 Å². The van der Waals surface area contributed by atoms with Crippen LogP contribution in [-0.2, 0) is 9.59 Å². The largest absolute Gasteiger partial charge is 0.481 e. The van der Waals surface area contributed by atoms with E-state index in [2.05, 4.69) is 4.90 Å². The van der Waals surface area contributed by atoms with Gasteiger partial charge >= 0.3 is 5.97 Å². The monoisotopic (exact) mass is 385 g/mol. The van der Waals surface area contributed by atoms with Crippen LogP contribution in [0, 0.1) is 0 Å². The molecule has 7 heteroatoms. The van der Waals surface area contributed by atoms with Crippen molar-refractivity contribution in [2.24, 2.45) is 0 Å². The van der Waals surface area contributed by atoms with Crippen molar-refractivity contribution >= 4 is 29.2 Å². The maximum atomic E-state index is 13.2. The molecule has 1 unspecified atom stereocenters. The van der Waals surface area contributed by atoms with Crippen LogP contribution in [0.5, 0.6) is 0 Å². The van der Waals surface area contributed by atoms with Gasteiger partial charge in [0.1, 0.15) is 6.04 Å². The van der Waals surface area contributed by atoms with Gasteiger partial charge in [0.05, 0.1) is 11.4 Å². The first kappa shape index (κ1) is 18.8. The second kappa shape index (κ2) is 7.81. The van der Waals surface area contributed by atoms with Crippen LogP contribution < -0.4 is 9.80 Å². The van der Waals surface area contributed by atoms with Crippen LogP contribution in [0.3, 0.4) is 0 Å². The van der Waals surface area contributed by atoms with Gasteiger partial charge in [0.2, 0.25) is 5.91 Å². The van der Waals surface area contributed by atoms with Gasteiger partial charge < -0.3 is 19.8 Å². The number of amides is 2. The number of benzene rings is 1. The molecule has 0 aromatic heterocycles. The molecule has 0 aliphatic carbocycles. The highest BCUT2D eigenvalue weighted by Crippen LogP contribution is 2.40. The van der Waals surface area contributed by atoms with Crippen LogP contribution >= 0.6 is 0 Å². The number of hydrogen-bond donors (Lipinski definition) is 1. The summed E-state index contributed by atoms with van der Waals surface area (Å²) in [6.07, 6.45) is 5.39. The van der Waals surface area contributed by atoms with Gasteiger partial charge in [0.15, 0.2) is 0 Å². The van der Waals surface area contributed by atoms with Crippen molar-refractivity contribution < 1.29 is 19.5 Å². The molecule has 0 spiro atoms. The van der Waals surface area contributed by atoms with Gasteiger partial charge in [0.25, 0.3) is 5.91 Å². The zero-order valence-electron chi connectivity index (χ0n) is 16.1. The second-order valence-electron chi connectivity index (χ2n) is 7.89. The first-order valence-electron chi connectivity index (χ1n) is 10.3. The van der Waals surface area contributed by atoms with E-state index in [9.17, 15) is 14.4 Å². The second-order valence-corrected chi connectivity index (χ2v) is 7.89. The Balaban J connectivity index is 1.66. The summed E-state index contributed by atoms with van der Waals surface area (Å²) < 4.78 is 0. The van der Waals surface area contributed by atoms with E-state index >= 15 is 0 Å². The molecular formula is C21H27N3O4. The topological polar surface area (TPSA) is 81.2 Å². The van der Waals surface area contributed by atoms with Crippen LogP contribution in [0.2, 0.25) is 0 Å². The van der Waals surface area contributed by atoms with E-state index < -0.39 is 5.97 Å². The average Bonchev–Trinajstić information content (AvgIpc) is 3.24.